The number of aliphatic hydroxyl groups excluding tert-OH is 1. The lowest BCUT2D eigenvalue weighted by Crippen LogP contribution is -2.54. The molecule has 0 bridgehead atoms. The molecule has 3 aromatic carbocycles. The van der Waals surface area contributed by atoms with Crippen LogP contribution in [0.15, 0.2) is 54.6 Å². The molecule has 3 aromatic rings. The van der Waals surface area contributed by atoms with Crippen molar-refractivity contribution in [3.63, 3.8) is 0 Å². The van der Waals surface area contributed by atoms with Crippen molar-refractivity contribution in [2.75, 3.05) is 39.3 Å². The predicted molar refractivity (Wildman–Crippen MR) is 127 cm³/mol. The third-order valence-electron chi connectivity index (χ3n) is 5.50. The fourth-order valence-corrected chi connectivity index (χ4v) is 4.02. The molecule has 174 valence electrons. The topological polar surface area (TPSA) is 65.0 Å². The third kappa shape index (κ3) is 6.34. The van der Waals surface area contributed by atoms with Crippen LogP contribution in [0.25, 0.3) is 10.8 Å². The molecule has 0 saturated carbocycles. The lowest BCUT2D eigenvalue weighted by Gasteiger charge is -2.35. The van der Waals surface area contributed by atoms with Crippen LogP contribution in [-0.4, -0.2) is 66.4 Å². The van der Waals surface area contributed by atoms with Crippen molar-refractivity contribution < 1.29 is 19.0 Å². The number of hydrazine groups is 1. The molecule has 1 heterocycles. The fraction of sp³-hybridized carbons (Fsp3) is 0.292. The van der Waals surface area contributed by atoms with E-state index in [9.17, 15) is 14.3 Å². The minimum atomic E-state index is -0.726. The molecule has 1 atom stereocenters. The highest BCUT2D eigenvalue weighted by Gasteiger charge is 2.21. The van der Waals surface area contributed by atoms with Crippen LogP contribution in [0.2, 0.25) is 10.0 Å². The summed E-state index contributed by atoms with van der Waals surface area (Å²) in [5.74, 6) is -0.404. The number of carbonyl (C=O) groups is 1. The highest BCUT2D eigenvalue weighted by atomic mass is 35.5. The number of rotatable bonds is 7. The van der Waals surface area contributed by atoms with E-state index in [1.165, 1.54) is 12.1 Å². The Bertz CT molecular complexity index is 1140. The van der Waals surface area contributed by atoms with Crippen LogP contribution >= 0.6 is 23.2 Å². The monoisotopic (exact) mass is 491 g/mol. The molecule has 2 N–H and O–H groups in total. The van der Waals surface area contributed by atoms with E-state index in [1.807, 2.05) is 29.3 Å². The Morgan fingerprint density at radius 1 is 1.03 bits per heavy atom. The summed E-state index contributed by atoms with van der Waals surface area (Å²) in [4.78, 5) is 14.8. The van der Waals surface area contributed by atoms with Gasteiger partial charge in [-0.2, -0.15) is 0 Å². The summed E-state index contributed by atoms with van der Waals surface area (Å²) in [6.07, 6.45) is -0.726. The average Bonchev–Trinajstić information content (AvgIpc) is 2.80. The summed E-state index contributed by atoms with van der Waals surface area (Å²) in [5, 5.41) is 14.8. The number of hydrogen-bond acceptors (Lipinski definition) is 5. The van der Waals surface area contributed by atoms with Crippen LogP contribution < -0.4 is 10.2 Å². The zero-order chi connectivity index (χ0) is 23.4. The molecule has 0 spiro atoms. The van der Waals surface area contributed by atoms with Crippen molar-refractivity contribution in [2.24, 2.45) is 0 Å². The number of amides is 1. The Balaban J connectivity index is 1.22. The minimum Gasteiger partial charge on any atom is -0.491 e. The van der Waals surface area contributed by atoms with Crippen LogP contribution in [-0.2, 0) is 0 Å². The first-order valence-electron chi connectivity index (χ1n) is 10.6. The van der Waals surface area contributed by atoms with Crippen molar-refractivity contribution >= 4 is 39.9 Å². The zero-order valence-electron chi connectivity index (χ0n) is 17.8. The number of β-amino-alcohol motifs (C(OH)–C–C–N with tert-alkyl or cyclic N) is 1. The van der Waals surface area contributed by atoms with Gasteiger partial charge in [-0.25, -0.2) is 9.40 Å². The summed E-state index contributed by atoms with van der Waals surface area (Å²) in [7, 11) is 0. The number of nitrogens with one attached hydrogen (secondary N) is 1. The summed E-state index contributed by atoms with van der Waals surface area (Å²) in [6.45, 7) is 3.10. The molecule has 6 nitrogen and oxygen atoms in total. The second-order valence-electron chi connectivity index (χ2n) is 7.98. The largest absolute Gasteiger partial charge is 0.491 e. The Kier molecular flexibility index (Phi) is 7.67. The number of halogens is 3. The number of nitrogens with zero attached hydrogens (tertiary/aromatic N) is 2. The average molecular weight is 492 g/mol. The second-order valence-corrected chi connectivity index (χ2v) is 8.82. The van der Waals surface area contributed by atoms with Crippen LogP contribution in [0.1, 0.15) is 10.4 Å². The van der Waals surface area contributed by atoms with Gasteiger partial charge in [0.15, 0.2) is 0 Å². The van der Waals surface area contributed by atoms with E-state index >= 15 is 0 Å². The van der Waals surface area contributed by atoms with Gasteiger partial charge < -0.3 is 9.84 Å². The van der Waals surface area contributed by atoms with Gasteiger partial charge in [-0.15, -0.1) is 0 Å². The van der Waals surface area contributed by atoms with Crippen LogP contribution in [0.4, 0.5) is 4.39 Å². The van der Waals surface area contributed by atoms with Crippen molar-refractivity contribution in [1.82, 2.24) is 15.3 Å². The Morgan fingerprint density at radius 2 is 1.76 bits per heavy atom. The number of piperazine rings is 1. The van der Waals surface area contributed by atoms with E-state index in [-0.39, 0.29) is 17.5 Å². The van der Waals surface area contributed by atoms with E-state index in [4.69, 9.17) is 27.9 Å². The summed E-state index contributed by atoms with van der Waals surface area (Å²) < 4.78 is 18.9. The van der Waals surface area contributed by atoms with Gasteiger partial charge in [0, 0.05) is 49.4 Å². The molecule has 0 radical (unpaired) electrons. The number of ether oxygens (including phenoxy) is 1. The molecule has 1 unspecified atom stereocenters. The third-order valence-corrected chi connectivity index (χ3v) is 6.04. The maximum absolute atomic E-state index is 13.5. The van der Waals surface area contributed by atoms with Crippen LogP contribution in [0, 0.1) is 5.82 Å². The molecule has 9 heteroatoms. The van der Waals surface area contributed by atoms with Gasteiger partial charge in [0.2, 0.25) is 0 Å². The van der Waals surface area contributed by atoms with Crippen molar-refractivity contribution in [3.8, 4) is 5.75 Å². The molecule has 33 heavy (non-hydrogen) atoms. The predicted octanol–water partition coefficient (Wildman–Crippen LogP) is 3.99. The van der Waals surface area contributed by atoms with E-state index in [2.05, 4.69) is 10.3 Å². The molecule has 1 aliphatic rings. The second kappa shape index (κ2) is 10.7. The molecule has 1 amide bonds. The molecule has 1 fully saturated rings. The van der Waals surface area contributed by atoms with Gasteiger partial charge in [0.25, 0.3) is 5.91 Å². The van der Waals surface area contributed by atoms with Crippen LogP contribution in [0.5, 0.6) is 5.75 Å². The van der Waals surface area contributed by atoms with E-state index in [0.29, 0.717) is 49.1 Å². The van der Waals surface area contributed by atoms with Crippen molar-refractivity contribution in [3.05, 3.63) is 76.0 Å². The first kappa shape index (κ1) is 23.7. The number of carbonyl (C=O) groups excluding carboxylic acids is 1. The highest BCUT2D eigenvalue weighted by Crippen LogP contribution is 2.21. The van der Waals surface area contributed by atoms with Gasteiger partial charge in [-0.1, -0.05) is 35.3 Å². The summed E-state index contributed by atoms with van der Waals surface area (Å²) in [6, 6.07) is 15.3. The molecule has 1 saturated heterocycles. The summed E-state index contributed by atoms with van der Waals surface area (Å²) in [5.41, 5.74) is 3.53. The van der Waals surface area contributed by atoms with Gasteiger partial charge in [-0.3, -0.25) is 15.1 Å². The normalized spacial score (nSPS) is 16.0. The Hall–Kier alpha value is -2.42. The van der Waals surface area contributed by atoms with Gasteiger partial charge >= 0.3 is 0 Å². The number of hydrogen-bond donors (Lipinski definition) is 2. The fourth-order valence-electron chi connectivity index (χ4n) is 3.72. The van der Waals surface area contributed by atoms with Crippen molar-refractivity contribution in [2.45, 2.75) is 6.10 Å². The first-order valence-corrected chi connectivity index (χ1v) is 11.4. The molecule has 4 rings (SSSR count). The first-order chi connectivity index (χ1) is 15.9. The maximum atomic E-state index is 13.5. The minimum absolute atomic E-state index is 0.0263. The lowest BCUT2D eigenvalue weighted by atomic mass is 10.1. The smallest absolute Gasteiger partial charge is 0.265 e. The van der Waals surface area contributed by atoms with E-state index in [1.54, 1.807) is 18.2 Å². The molecular formula is C24H24Cl2FN3O3. The Labute approximate surface area is 201 Å². The maximum Gasteiger partial charge on any atom is 0.265 e. The van der Waals surface area contributed by atoms with E-state index in [0.717, 1.165) is 10.8 Å². The van der Waals surface area contributed by atoms with Gasteiger partial charge in [-0.05, 0) is 47.2 Å². The van der Waals surface area contributed by atoms with Crippen molar-refractivity contribution in [1.29, 1.82) is 0 Å². The number of benzene rings is 3. The number of aliphatic hydroxyl groups is 1. The Morgan fingerprint density at radius 3 is 2.52 bits per heavy atom. The molecular weight excluding hydrogens is 468 g/mol. The van der Waals surface area contributed by atoms with Gasteiger partial charge in [0.1, 0.15) is 24.3 Å². The molecule has 0 aliphatic carbocycles. The lowest BCUT2D eigenvalue weighted by molar-refractivity contribution is 0.0316. The van der Waals surface area contributed by atoms with Crippen LogP contribution in [0.3, 0.4) is 0 Å². The van der Waals surface area contributed by atoms with E-state index < -0.39 is 11.9 Å². The van der Waals surface area contributed by atoms with Gasteiger partial charge in [0.05, 0.1) is 5.02 Å². The standard InChI is InChI=1S/C24H24Cl2FN3O3/c25-19-4-3-16-11-18(2-1-17(16)12-19)24(32)28-30-9-7-29(8-10-30)14-20(31)15-33-21-5-6-22(26)23(27)13-21/h1-6,11-13,20,31H,7-10,14-15H2,(H,28,32). The SMILES string of the molecule is O=C(NN1CCN(CC(O)COc2ccc(Cl)c(F)c2)CC1)c1ccc2cc(Cl)ccc2c1. The number of fused-ring (bicyclic) bond motifs is 1. The summed E-state index contributed by atoms with van der Waals surface area (Å²) >= 11 is 11.7. The zero-order valence-corrected chi connectivity index (χ0v) is 19.3. The highest BCUT2D eigenvalue weighted by molar-refractivity contribution is 6.31. The molecule has 0 aromatic heterocycles. The quantitative estimate of drug-likeness (QED) is 0.523. The molecule has 1 aliphatic heterocycles.